The second-order valence-electron chi connectivity index (χ2n) is 4.88. The summed E-state index contributed by atoms with van der Waals surface area (Å²) in [7, 11) is 0. The van der Waals surface area contributed by atoms with Gasteiger partial charge in [0.2, 0.25) is 5.91 Å². The molecule has 1 aliphatic carbocycles. The number of H-pyrrole nitrogens is 1. The highest BCUT2D eigenvalue weighted by atomic mass is 32.2. The molecule has 0 radical (unpaired) electrons. The van der Waals surface area contributed by atoms with E-state index in [1.165, 1.54) is 35.6 Å². The third kappa shape index (κ3) is 2.85. The van der Waals surface area contributed by atoms with Crippen LogP contribution in [-0.2, 0) is 17.6 Å². The van der Waals surface area contributed by atoms with Gasteiger partial charge in [-0.2, -0.15) is 5.10 Å². The van der Waals surface area contributed by atoms with Gasteiger partial charge in [-0.05, 0) is 49.4 Å². The Balaban J connectivity index is 1.63. The molecule has 1 unspecified atom stereocenters. The summed E-state index contributed by atoms with van der Waals surface area (Å²) in [4.78, 5) is 16.2. The predicted molar refractivity (Wildman–Crippen MR) is 78.8 cm³/mol. The molecule has 2 aromatic rings. The van der Waals surface area contributed by atoms with Crippen molar-refractivity contribution in [2.24, 2.45) is 0 Å². The number of anilines is 1. The van der Waals surface area contributed by atoms with Crippen LogP contribution in [0.3, 0.4) is 0 Å². The average molecular weight is 288 g/mol. The molecule has 6 heteroatoms. The number of hydrogen-bond donors (Lipinski definition) is 2. The number of hydrogen-bond acceptors (Lipinski definition) is 4. The third-order valence-corrected chi connectivity index (χ3v) is 4.40. The van der Waals surface area contributed by atoms with Gasteiger partial charge in [-0.25, -0.2) is 4.98 Å². The maximum atomic E-state index is 12.1. The number of amides is 1. The number of benzene rings is 1. The summed E-state index contributed by atoms with van der Waals surface area (Å²) >= 11 is 1.36. The number of aromatic nitrogens is 3. The lowest BCUT2D eigenvalue weighted by molar-refractivity contribution is -0.115. The van der Waals surface area contributed by atoms with Crippen LogP contribution < -0.4 is 5.32 Å². The van der Waals surface area contributed by atoms with Crippen molar-refractivity contribution in [3.8, 4) is 0 Å². The molecule has 1 aliphatic rings. The van der Waals surface area contributed by atoms with Crippen LogP contribution in [0.5, 0.6) is 0 Å². The van der Waals surface area contributed by atoms with Crippen molar-refractivity contribution in [2.75, 3.05) is 5.32 Å². The van der Waals surface area contributed by atoms with Crippen LogP contribution in [0.15, 0.2) is 29.7 Å². The van der Waals surface area contributed by atoms with Gasteiger partial charge in [0, 0.05) is 5.69 Å². The number of nitrogens with one attached hydrogen (secondary N) is 2. The molecule has 20 heavy (non-hydrogen) atoms. The zero-order valence-corrected chi connectivity index (χ0v) is 12.0. The smallest absolute Gasteiger partial charge is 0.237 e. The van der Waals surface area contributed by atoms with Gasteiger partial charge in [0.05, 0.1) is 5.25 Å². The van der Waals surface area contributed by atoms with Crippen molar-refractivity contribution in [3.05, 3.63) is 35.7 Å². The van der Waals surface area contributed by atoms with Crippen molar-refractivity contribution >= 4 is 23.4 Å². The lowest BCUT2D eigenvalue weighted by Crippen LogP contribution is -2.22. The monoisotopic (exact) mass is 288 g/mol. The Labute approximate surface area is 121 Å². The second-order valence-corrected chi connectivity index (χ2v) is 6.21. The number of rotatable bonds is 4. The molecule has 0 aliphatic heterocycles. The highest BCUT2D eigenvalue weighted by molar-refractivity contribution is 8.00. The molecule has 1 atom stereocenters. The summed E-state index contributed by atoms with van der Waals surface area (Å²) in [5, 5.41) is 9.90. The van der Waals surface area contributed by atoms with Gasteiger partial charge in [0.25, 0.3) is 0 Å². The minimum Gasteiger partial charge on any atom is -0.325 e. The fourth-order valence-corrected chi connectivity index (χ4v) is 3.08. The Morgan fingerprint density at radius 1 is 1.40 bits per heavy atom. The maximum absolute atomic E-state index is 12.1. The van der Waals surface area contributed by atoms with Gasteiger partial charge in [-0.3, -0.25) is 9.89 Å². The standard InChI is InChI=1S/C14H16N4OS/c1-9(20-14-15-8-16-18-14)13(19)17-12-6-5-10-3-2-4-11(10)7-12/h5-9H,2-4H2,1H3,(H,17,19)(H,15,16,18). The Kier molecular flexibility index (Phi) is 3.73. The van der Waals surface area contributed by atoms with Gasteiger partial charge in [0.15, 0.2) is 5.16 Å². The molecule has 1 amide bonds. The third-order valence-electron chi connectivity index (χ3n) is 3.42. The fraction of sp³-hybridized carbons (Fsp3) is 0.357. The van der Waals surface area contributed by atoms with Crippen molar-refractivity contribution < 1.29 is 4.79 Å². The van der Waals surface area contributed by atoms with Crippen LogP contribution >= 0.6 is 11.8 Å². The molecule has 5 nitrogen and oxygen atoms in total. The molecule has 104 valence electrons. The first-order valence-electron chi connectivity index (χ1n) is 6.67. The summed E-state index contributed by atoms with van der Waals surface area (Å²) in [5.74, 6) is -0.0238. The second kappa shape index (κ2) is 5.66. The van der Waals surface area contributed by atoms with Crippen LogP contribution in [0, 0.1) is 0 Å². The SMILES string of the molecule is CC(Sc1ncn[nH]1)C(=O)Nc1ccc2c(c1)CCC2. The number of carbonyl (C=O) groups is 1. The van der Waals surface area contributed by atoms with E-state index in [0.717, 1.165) is 18.5 Å². The molecular formula is C14H16N4OS. The van der Waals surface area contributed by atoms with Crippen LogP contribution in [-0.4, -0.2) is 26.3 Å². The van der Waals surface area contributed by atoms with Crippen LogP contribution in [0.25, 0.3) is 0 Å². The molecule has 0 saturated heterocycles. The highest BCUT2D eigenvalue weighted by Crippen LogP contribution is 2.26. The van der Waals surface area contributed by atoms with Gasteiger partial charge >= 0.3 is 0 Å². The highest BCUT2D eigenvalue weighted by Gasteiger charge is 2.17. The maximum Gasteiger partial charge on any atom is 0.237 e. The normalized spacial score (nSPS) is 14.8. The quantitative estimate of drug-likeness (QED) is 0.848. The summed E-state index contributed by atoms with van der Waals surface area (Å²) in [5.41, 5.74) is 3.64. The predicted octanol–water partition coefficient (Wildman–Crippen LogP) is 2.41. The molecule has 1 heterocycles. The summed E-state index contributed by atoms with van der Waals surface area (Å²) < 4.78 is 0. The van der Waals surface area contributed by atoms with E-state index in [9.17, 15) is 4.79 Å². The first-order valence-corrected chi connectivity index (χ1v) is 7.55. The summed E-state index contributed by atoms with van der Waals surface area (Å²) in [6.45, 7) is 1.86. The van der Waals surface area contributed by atoms with E-state index in [2.05, 4.69) is 32.6 Å². The molecular weight excluding hydrogens is 272 g/mol. The largest absolute Gasteiger partial charge is 0.325 e. The lowest BCUT2D eigenvalue weighted by atomic mass is 10.1. The van der Waals surface area contributed by atoms with E-state index in [-0.39, 0.29) is 11.2 Å². The number of thioether (sulfide) groups is 1. The van der Waals surface area contributed by atoms with E-state index in [1.807, 2.05) is 13.0 Å². The van der Waals surface area contributed by atoms with Crippen LogP contribution in [0.2, 0.25) is 0 Å². The van der Waals surface area contributed by atoms with E-state index in [1.54, 1.807) is 0 Å². The molecule has 0 fully saturated rings. The van der Waals surface area contributed by atoms with Crippen molar-refractivity contribution in [3.63, 3.8) is 0 Å². The molecule has 2 N–H and O–H groups in total. The molecule has 1 aromatic heterocycles. The number of aryl methyl sites for hydroxylation is 2. The minimum atomic E-state index is -0.226. The minimum absolute atomic E-state index is 0.0238. The van der Waals surface area contributed by atoms with E-state index in [0.29, 0.717) is 5.16 Å². The molecule has 3 rings (SSSR count). The van der Waals surface area contributed by atoms with Gasteiger partial charge in [0.1, 0.15) is 6.33 Å². The summed E-state index contributed by atoms with van der Waals surface area (Å²) in [6.07, 6.45) is 4.92. The van der Waals surface area contributed by atoms with Crippen molar-refractivity contribution in [1.82, 2.24) is 15.2 Å². The Morgan fingerprint density at radius 3 is 3.05 bits per heavy atom. The first kappa shape index (κ1) is 13.2. The molecule has 0 saturated carbocycles. The zero-order chi connectivity index (χ0) is 13.9. The molecule has 0 spiro atoms. The van der Waals surface area contributed by atoms with Gasteiger partial charge in [-0.15, -0.1) is 0 Å². The lowest BCUT2D eigenvalue weighted by Gasteiger charge is -2.11. The van der Waals surface area contributed by atoms with Crippen molar-refractivity contribution in [2.45, 2.75) is 36.6 Å². The molecule has 1 aromatic carbocycles. The van der Waals surface area contributed by atoms with Gasteiger partial charge < -0.3 is 5.32 Å². The topological polar surface area (TPSA) is 70.7 Å². The van der Waals surface area contributed by atoms with E-state index >= 15 is 0 Å². The fourth-order valence-electron chi connectivity index (χ4n) is 2.37. The number of aromatic amines is 1. The number of fused-ring (bicyclic) bond motifs is 1. The van der Waals surface area contributed by atoms with E-state index < -0.39 is 0 Å². The number of nitrogens with zero attached hydrogens (tertiary/aromatic N) is 2. The Morgan fingerprint density at radius 2 is 2.25 bits per heavy atom. The van der Waals surface area contributed by atoms with Gasteiger partial charge in [-0.1, -0.05) is 17.8 Å². The first-order chi connectivity index (χ1) is 9.72. The Hall–Kier alpha value is -1.82. The average Bonchev–Trinajstić information content (AvgIpc) is 3.08. The Bertz CT molecular complexity index is 612. The zero-order valence-electron chi connectivity index (χ0n) is 11.2. The summed E-state index contributed by atoms with van der Waals surface area (Å²) in [6, 6.07) is 6.19. The number of carbonyl (C=O) groups excluding carboxylic acids is 1. The van der Waals surface area contributed by atoms with E-state index in [4.69, 9.17) is 0 Å². The van der Waals surface area contributed by atoms with Crippen LogP contribution in [0.4, 0.5) is 5.69 Å². The van der Waals surface area contributed by atoms with Crippen LogP contribution in [0.1, 0.15) is 24.5 Å². The molecule has 0 bridgehead atoms. The van der Waals surface area contributed by atoms with Crippen molar-refractivity contribution in [1.29, 1.82) is 0 Å².